The van der Waals surface area contributed by atoms with Crippen molar-refractivity contribution in [2.75, 3.05) is 0 Å². The van der Waals surface area contributed by atoms with Gasteiger partial charge in [0.2, 0.25) is 0 Å². The molecule has 86 valence electrons. The molecule has 0 unspecified atom stereocenters. The average molecular weight is 225 g/mol. The van der Waals surface area contributed by atoms with E-state index in [-0.39, 0.29) is 0 Å². The van der Waals surface area contributed by atoms with E-state index in [0.717, 1.165) is 28.7 Å². The minimum absolute atomic E-state index is 0.766. The highest BCUT2D eigenvalue weighted by Gasteiger charge is 2.08. The number of H-pyrrole nitrogens is 1. The Morgan fingerprint density at radius 3 is 3.00 bits per heavy atom. The molecule has 3 heteroatoms. The number of pyridine rings is 1. The van der Waals surface area contributed by atoms with Crippen LogP contribution in [0.4, 0.5) is 0 Å². The van der Waals surface area contributed by atoms with Crippen molar-refractivity contribution in [2.24, 2.45) is 0 Å². The zero-order valence-corrected chi connectivity index (χ0v) is 9.90. The predicted molar refractivity (Wildman–Crippen MR) is 70.8 cm³/mol. The first-order chi connectivity index (χ1) is 8.26. The van der Waals surface area contributed by atoms with Crippen molar-refractivity contribution in [3.8, 4) is 0 Å². The molecule has 0 aliphatic rings. The summed E-state index contributed by atoms with van der Waals surface area (Å²) in [4.78, 5) is 4.23. The molecule has 0 amide bonds. The van der Waals surface area contributed by atoms with Gasteiger partial charge in [0.1, 0.15) is 0 Å². The second kappa shape index (κ2) is 4.78. The molecule has 2 aromatic heterocycles. The molecule has 17 heavy (non-hydrogen) atoms. The average Bonchev–Trinajstić information content (AvgIpc) is 2.72. The lowest BCUT2D eigenvalue weighted by Gasteiger charge is -2.04. The van der Waals surface area contributed by atoms with Crippen molar-refractivity contribution < 1.29 is 0 Å². The van der Waals surface area contributed by atoms with Crippen LogP contribution >= 0.6 is 0 Å². The number of aromatic amines is 1. The first-order valence-electron chi connectivity index (χ1n) is 5.49. The molecule has 0 saturated heterocycles. The van der Waals surface area contributed by atoms with Gasteiger partial charge in [-0.1, -0.05) is 31.4 Å². The molecule has 0 bridgehead atoms. The standard InChI is InChI=1S/C14H15N3/c1-4-6-11(5-2)9-12-7-8-15-14-13(12)10(3)16-17-14/h4-8H,1-2,9H2,3H3,(H,15,16,17)/b11-6+. The number of hydrogen-bond donors (Lipinski definition) is 1. The predicted octanol–water partition coefficient (Wildman–Crippen LogP) is 3.11. The van der Waals surface area contributed by atoms with Crippen LogP contribution in [0.25, 0.3) is 11.0 Å². The normalized spacial score (nSPS) is 11.7. The first kappa shape index (κ1) is 11.3. The van der Waals surface area contributed by atoms with Gasteiger partial charge >= 0.3 is 0 Å². The van der Waals surface area contributed by atoms with E-state index in [1.54, 1.807) is 12.3 Å². The van der Waals surface area contributed by atoms with Crippen LogP contribution < -0.4 is 0 Å². The van der Waals surface area contributed by atoms with Crippen LogP contribution in [0.15, 0.2) is 49.2 Å². The van der Waals surface area contributed by atoms with E-state index >= 15 is 0 Å². The number of hydrogen-bond acceptors (Lipinski definition) is 2. The molecular formula is C14H15N3. The maximum absolute atomic E-state index is 4.23. The van der Waals surface area contributed by atoms with E-state index in [4.69, 9.17) is 0 Å². The number of allylic oxidation sites excluding steroid dienone is 4. The van der Waals surface area contributed by atoms with Gasteiger partial charge in [0.05, 0.1) is 0 Å². The molecule has 2 heterocycles. The van der Waals surface area contributed by atoms with Crippen molar-refractivity contribution in [3.05, 3.63) is 60.5 Å². The van der Waals surface area contributed by atoms with E-state index in [0.29, 0.717) is 0 Å². The van der Waals surface area contributed by atoms with Gasteiger partial charge < -0.3 is 0 Å². The SMILES string of the molecule is C=C/C=C(\C=C)Cc1ccnc2n[nH]c(C)c12. The fourth-order valence-electron chi connectivity index (χ4n) is 1.89. The van der Waals surface area contributed by atoms with Crippen molar-refractivity contribution in [3.63, 3.8) is 0 Å². The summed E-state index contributed by atoms with van der Waals surface area (Å²) in [5.41, 5.74) is 4.15. The van der Waals surface area contributed by atoms with E-state index < -0.39 is 0 Å². The quantitative estimate of drug-likeness (QED) is 0.812. The molecule has 0 radical (unpaired) electrons. The second-order valence-corrected chi connectivity index (χ2v) is 3.88. The summed E-state index contributed by atoms with van der Waals surface area (Å²) in [5, 5.41) is 8.22. The molecule has 2 rings (SSSR count). The number of aryl methyl sites for hydroxylation is 1. The van der Waals surface area contributed by atoms with Crippen molar-refractivity contribution in [1.82, 2.24) is 15.2 Å². The summed E-state index contributed by atoms with van der Waals surface area (Å²) in [5.74, 6) is 0. The summed E-state index contributed by atoms with van der Waals surface area (Å²) in [7, 11) is 0. The van der Waals surface area contributed by atoms with Gasteiger partial charge in [-0.25, -0.2) is 4.98 Å². The van der Waals surface area contributed by atoms with E-state index in [1.807, 2.05) is 25.1 Å². The molecule has 0 aromatic carbocycles. The molecular weight excluding hydrogens is 210 g/mol. The zero-order valence-electron chi connectivity index (χ0n) is 9.90. The molecule has 0 saturated carbocycles. The summed E-state index contributed by atoms with van der Waals surface area (Å²) in [6.07, 6.45) is 8.19. The Morgan fingerprint density at radius 1 is 1.47 bits per heavy atom. The zero-order chi connectivity index (χ0) is 12.3. The molecule has 0 spiro atoms. The summed E-state index contributed by atoms with van der Waals surface area (Å²) < 4.78 is 0. The van der Waals surface area contributed by atoms with Gasteiger partial charge in [-0.2, -0.15) is 5.10 Å². The van der Waals surface area contributed by atoms with Crippen LogP contribution in [0, 0.1) is 6.92 Å². The van der Waals surface area contributed by atoms with E-state index in [2.05, 4.69) is 28.3 Å². The van der Waals surface area contributed by atoms with Crippen LogP contribution in [0.3, 0.4) is 0 Å². The Labute approximate surface area is 101 Å². The minimum atomic E-state index is 0.766. The molecule has 0 aliphatic carbocycles. The topological polar surface area (TPSA) is 41.6 Å². The van der Waals surface area contributed by atoms with Crippen LogP contribution in [0.5, 0.6) is 0 Å². The molecule has 0 aliphatic heterocycles. The first-order valence-corrected chi connectivity index (χ1v) is 5.49. The highest BCUT2D eigenvalue weighted by atomic mass is 15.1. The molecule has 0 fully saturated rings. The molecule has 0 atom stereocenters. The number of nitrogens with zero attached hydrogens (tertiary/aromatic N) is 2. The van der Waals surface area contributed by atoms with Gasteiger partial charge in [0.15, 0.2) is 5.65 Å². The Hall–Kier alpha value is -2.16. The van der Waals surface area contributed by atoms with E-state index in [9.17, 15) is 0 Å². The maximum atomic E-state index is 4.23. The Bertz CT molecular complexity index is 591. The summed E-state index contributed by atoms with van der Waals surface area (Å²) >= 11 is 0. The summed E-state index contributed by atoms with van der Waals surface area (Å²) in [6, 6.07) is 2.02. The second-order valence-electron chi connectivity index (χ2n) is 3.88. The molecule has 3 nitrogen and oxygen atoms in total. The van der Waals surface area contributed by atoms with Gasteiger partial charge in [-0.05, 0) is 30.5 Å². The molecule has 1 N–H and O–H groups in total. The van der Waals surface area contributed by atoms with Gasteiger partial charge in [-0.3, -0.25) is 5.10 Å². The lowest BCUT2D eigenvalue weighted by Crippen LogP contribution is -1.91. The van der Waals surface area contributed by atoms with Crippen molar-refractivity contribution in [2.45, 2.75) is 13.3 Å². The van der Waals surface area contributed by atoms with Crippen LogP contribution in [-0.4, -0.2) is 15.2 Å². The monoisotopic (exact) mass is 225 g/mol. The number of aromatic nitrogens is 3. The Kier molecular flexibility index (Phi) is 3.19. The fraction of sp³-hybridized carbons (Fsp3) is 0.143. The van der Waals surface area contributed by atoms with E-state index in [1.165, 1.54) is 5.56 Å². The third-order valence-corrected chi connectivity index (χ3v) is 2.71. The number of nitrogens with one attached hydrogen (secondary N) is 1. The van der Waals surface area contributed by atoms with Crippen LogP contribution in [-0.2, 0) is 6.42 Å². The minimum Gasteiger partial charge on any atom is -0.280 e. The third kappa shape index (κ3) is 2.18. The largest absolute Gasteiger partial charge is 0.280 e. The lowest BCUT2D eigenvalue weighted by molar-refractivity contribution is 1.05. The maximum Gasteiger partial charge on any atom is 0.181 e. The van der Waals surface area contributed by atoms with Gasteiger partial charge in [-0.15, -0.1) is 0 Å². The lowest BCUT2D eigenvalue weighted by atomic mass is 10.0. The van der Waals surface area contributed by atoms with Gasteiger partial charge in [0.25, 0.3) is 0 Å². The third-order valence-electron chi connectivity index (χ3n) is 2.71. The Morgan fingerprint density at radius 2 is 2.29 bits per heavy atom. The van der Waals surface area contributed by atoms with Crippen molar-refractivity contribution >= 4 is 11.0 Å². The van der Waals surface area contributed by atoms with Gasteiger partial charge in [0, 0.05) is 17.3 Å². The van der Waals surface area contributed by atoms with Crippen LogP contribution in [0.1, 0.15) is 11.3 Å². The highest BCUT2D eigenvalue weighted by Crippen LogP contribution is 2.21. The van der Waals surface area contributed by atoms with Crippen LogP contribution in [0.2, 0.25) is 0 Å². The number of rotatable bonds is 4. The fourth-order valence-corrected chi connectivity index (χ4v) is 1.89. The highest BCUT2D eigenvalue weighted by molar-refractivity contribution is 5.81. The Balaban J connectivity index is 2.48. The summed E-state index contributed by atoms with van der Waals surface area (Å²) in [6.45, 7) is 9.52. The molecule has 2 aromatic rings. The van der Waals surface area contributed by atoms with Crippen molar-refractivity contribution in [1.29, 1.82) is 0 Å². The smallest absolute Gasteiger partial charge is 0.181 e. The number of fused-ring (bicyclic) bond motifs is 1.